The van der Waals surface area contributed by atoms with Gasteiger partial charge in [-0.25, -0.2) is 4.98 Å². The third kappa shape index (κ3) is 2.95. The lowest BCUT2D eigenvalue weighted by Gasteiger charge is -2.12. The summed E-state index contributed by atoms with van der Waals surface area (Å²) >= 11 is 0. The highest BCUT2D eigenvalue weighted by Crippen LogP contribution is 2.18. The largest absolute Gasteiger partial charge is 0.355 e. The maximum atomic E-state index is 10.8. The normalized spacial score (nSPS) is 12.1. The van der Waals surface area contributed by atoms with Crippen LogP contribution in [0.15, 0.2) is 24.4 Å². The number of nitrogens with one attached hydrogen (secondary N) is 2. The van der Waals surface area contributed by atoms with Gasteiger partial charge in [0.2, 0.25) is 5.91 Å². The molecule has 6 nitrogen and oxygen atoms in total. The Balaban J connectivity index is 2.16. The predicted molar refractivity (Wildman–Crippen MR) is 75.0 cm³/mol. The zero-order valence-corrected chi connectivity index (χ0v) is 11.6. The first kappa shape index (κ1) is 14.0. The van der Waals surface area contributed by atoms with Crippen molar-refractivity contribution in [3.05, 3.63) is 35.8 Å². The van der Waals surface area contributed by atoms with Gasteiger partial charge in [0, 0.05) is 26.2 Å². The first-order chi connectivity index (χ1) is 9.63. The molecule has 0 fully saturated rings. The zero-order valence-electron chi connectivity index (χ0n) is 11.6. The maximum absolute atomic E-state index is 10.8. The Morgan fingerprint density at radius 3 is 3.00 bits per heavy atom. The average molecular weight is 271 g/mol. The number of pyridine rings is 1. The lowest BCUT2D eigenvalue weighted by molar-refractivity contribution is -0.118. The van der Waals surface area contributed by atoms with Crippen molar-refractivity contribution < 1.29 is 4.79 Å². The van der Waals surface area contributed by atoms with E-state index in [4.69, 9.17) is 0 Å². The fraction of sp³-hybridized carbons (Fsp3) is 0.357. The number of rotatable bonds is 5. The minimum absolute atomic E-state index is 0.0775. The van der Waals surface area contributed by atoms with Crippen molar-refractivity contribution in [2.45, 2.75) is 19.9 Å². The summed E-state index contributed by atoms with van der Waals surface area (Å²) in [5.74, 6) is -0.0775. The van der Waals surface area contributed by atoms with Gasteiger partial charge in [-0.3, -0.25) is 10.1 Å². The van der Waals surface area contributed by atoms with Crippen LogP contribution in [-0.4, -0.2) is 28.4 Å². The average Bonchev–Trinajstić information content (AvgIpc) is 2.75. The quantitative estimate of drug-likeness (QED) is 0.793. The van der Waals surface area contributed by atoms with E-state index in [1.54, 1.807) is 0 Å². The van der Waals surface area contributed by atoms with Crippen LogP contribution in [0.2, 0.25) is 0 Å². The molecule has 2 N–H and O–H groups in total. The Bertz CT molecular complexity index is 655. The van der Waals surface area contributed by atoms with Gasteiger partial charge in [-0.05, 0) is 19.1 Å². The number of carbonyl (C=O) groups is 1. The topological polar surface area (TPSA) is 82.2 Å². The second kappa shape index (κ2) is 6.17. The van der Waals surface area contributed by atoms with Crippen LogP contribution in [0.5, 0.6) is 0 Å². The number of hydrogen-bond acceptors (Lipinski definition) is 4. The summed E-state index contributed by atoms with van der Waals surface area (Å²) in [5.41, 5.74) is 2.49. The number of nitrogens with zero attached hydrogens (tertiary/aromatic N) is 3. The molecule has 2 aromatic rings. The third-order valence-corrected chi connectivity index (χ3v) is 3.00. The number of amides is 1. The number of carbonyl (C=O) groups excluding carboxylic acids is 1. The predicted octanol–water partition coefficient (Wildman–Crippen LogP) is 0.933. The minimum Gasteiger partial charge on any atom is -0.355 e. The summed E-state index contributed by atoms with van der Waals surface area (Å²) in [6, 6.07) is 7.51. The van der Waals surface area contributed by atoms with E-state index in [1.165, 1.54) is 6.92 Å². The molecule has 2 rings (SSSR count). The fourth-order valence-electron chi connectivity index (χ4n) is 2.14. The highest BCUT2D eigenvalue weighted by molar-refractivity contribution is 5.72. The molecule has 0 aliphatic carbocycles. The van der Waals surface area contributed by atoms with Gasteiger partial charge < -0.3 is 9.72 Å². The monoisotopic (exact) mass is 271 g/mol. The van der Waals surface area contributed by atoms with Gasteiger partial charge in [-0.2, -0.15) is 5.26 Å². The van der Waals surface area contributed by atoms with E-state index >= 15 is 0 Å². The zero-order chi connectivity index (χ0) is 14.5. The number of imidazole rings is 1. The van der Waals surface area contributed by atoms with E-state index in [0.29, 0.717) is 13.1 Å². The first-order valence-corrected chi connectivity index (χ1v) is 6.44. The first-order valence-electron chi connectivity index (χ1n) is 6.44. The van der Waals surface area contributed by atoms with E-state index in [-0.39, 0.29) is 5.91 Å². The molecule has 0 radical (unpaired) electrons. The Hall–Kier alpha value is -2.39. The maximum Gasteiger partial charge on any atom is 0.216 e. The molecule has 0 bridgehead atoms. The SMILES string of the molecule is CC(=O)NCCNC(C#N)c1c(C)nc2ccccn12. The standard InChI is InChI=1S/C14H17N5O/c1-10-14(19-8-4-3-5-13(19)18-10)12(9-15)17-7-6-16-11(2)20/h3-5,8,12,17H,6-7H2,1-2H3,(H,16,20). The Morgan fingerprint density at radius 2 is 2.30 bits per heavy atom. The Labute approximate surface area is 117 Å². The van der Waals surface area contributed by atoms with Crippen molar-refractivity contribution in [3.8, 4) is 6.07 Å². The van der Waals surface area contributed by atoms with Crippen LogP contribution >= 0.6 is 0 Å². The molecule has 1 amide bonds. The molecule has 0 aromatic carbocycles. The lowest BCUT2D eigenvalue weighted by Crippen LogP contribution is -2.32. The molecule has 2 heterocycles. The Kier molecular flexibility index (Phi) is 4.33. The summed E-state index contributed by atoms with van der Waals surface area (Å²) in [6.45, 7) is 4.37. The van der Waals surface area contributed by atoms with E-state index in [0.717, 1.165) is 17.0 Å². The lowest BCUT2D eigenvalue weighted by atomic mass is 10.2. The third-order valence-electron chi connectivity index (χ3n) is 3.00. The molecule has 0 spiro atoms. The highest BCUT2D eigenvalue weighted by Gasteiger charge is 2.18. The summed E-state index contributed by atoms with van der Waals surface area (Å²) < 4.78 is 1.91. The second-order valence-corrected chi connectivity index (χ2v) is 4.51. The van der Waals surface area contributed by atoms with Crippen LogP contribution in [0.25, 0.3) is 5.65 Å². The molecule has 0 saturated heterocycles. The molecular formula is C14H17N5O. The van der Waals surface area contributed by atoms with Gasteiger partial charge in [0.1, 0.15) is 11.7 Å². The fourth-order valence-corrected chi connectivity index (χ4v) is 2.14. The molecule has 0 aliphatic heterocycles. The van der Waals surface area contributed by atoms with E-state index < -0.39 is 6.04 Å². The molecule has 0 aliphatic rings. The van der Waals surface area contributed by atoms with Crippen molar-refractivity contribution in [1.82, 2.24) is 20.0 Å². The number of fused-ring (bicyclic) bond motifs is 1. The molecular weight excluding hydrogens is 254 g/mol. The molecule has 1 unspecified atom stereocenters. The molecule has 104 valence electrons. The van der Waals surface area contributed by atoms with Crippen LogP contribution in [0.4, 0.5) is 0 Å². The summed E-state index contributed by atoms with van der Waals surface area (Å²) in [6.07, 6.45) is 1.89. The van der Waals surface area contributed by atoms with Crippen LogP contribution in [0.1, 0.15) is 24.4 Å². The molecule has 1 atom stereocenters. The van der Waals surface area contributed by atoms with Gasteiger partial charge >= 0.3 is 0 Å². The number of aromatic nitrogens is 2. The molecule has 2 aromatic heterocycles. The number of hydrogen-bond donors (Lipinski definition) is 2. The van der Waals surface area contributed by atoms with Gasteiger partial charge in [0.25, 0.3) is 0 Å². The van der Waals surface area contributed by atoms with E-state index in [9.17, 15) is 10.1 Å². The number of nitriles is 1. The smallest absolute Gasteiger partial charge is 0.216 e. The van der Waals surface area contributed by atoms with Crippen LogP contribution in [-0.2, 0) is 4.79 Å². The second-order valence-electron chi connectivity index (χ2n) is 4.51. The van der Waals surface area contributed by atoms with Crippen molar-refractivity contribution in [3.63, 3.8) is 0 Å². The van der Waals surface area contributed by atoms with Crippen molar-refractivity contribution in [2.75, 3.05) is 13.1 Å². The van der Waals surface area contributed by atoms with Crippen LogP contribution in [0.3, 0.4) is 0 Å². The Morgan fingerprint density at radius 1 is 1.50 bits per heavy atom. The van der Waals surface area contributed by atoms with E-state index in [1.807, 2.05) is 35.7 Å². The minimum atomic E-state index is -0.457. The van der Waals surface area contributed by atoms with Gasteiger partial charge in [-0.1, -0.05) is 6.07 Å². The van der Waals surface area contributed by atoms with E-state index in [2.05, 4.69) is 21.7 Å². The summed E-state index contributed by atoms with van der Waals surface area (Å²) in [7, 11) is 0. The van der Waals surface area contributed by atoms with Gasteiger partial charge in [0.15, 0.2) is 0 Å². The van der Waals surface area contributed by atoms with Crippen LogP contribution < -0.4 is 10.6 Å². The van der Waals surface area contributed by atoms with Crippen molar-refractivity contribution >= 4 is 11.6 Å². The van der Waals surface area contributed by atoms with Gasteiger partial charge in [-0.15, -0.1) is 0 Å². The molecule has 0 saturated carbocycles. The highest BCUT2D eigenvalue weighted by atomic mass is 16.1. The summed E-state index contributed by atoms with van der Waals surface area (Å²) in [5, 5.41) is 15.2. The number of aryl methyl sites for hydroxylation is 1. The van der Waals surface area contributed by atoms with Crippen molar-refractivity contribution in [1.29, 1.82) is 5.26 Å². The molecule has 6 heteroatoms. The summed E-state index contributed by atoms with van der Waals surface area (Å²) in [4.78, 5) is 15.2. The van der Waals surface area contributed by atoms with Crippen molar-refractivity contribution in [2.24, 2.45) is 0 Å². The molecule has 20 heavy (non-hydrogen) atoms. The van der Waals surface area contributed by atoms with Crippen LogP contribution in [0, 0.1) is 18.3 Å². The van der Waals surface area contributed by atoms with Gasteiger partial charge in [0.05, 0.1) is 17.5 Å².